The number of unbranched alkanes of at least 4 members (excludes halogenated alkanes) is 2. The normalized spacial score (nSPS) is 8.97. The van der Waals surface area contributed by atoms with E-state index < -0.39 is 0 Å². The molecule has 0 aliphatic heterocycles. The van der Waals surface area contributed by atoms with Gasteiger partial charge in [0.1, 0.15) is 19.4 Å². The molecule has 38 heavy (non-hydrogen) atoms. The Morgan fingerprint density at radius 3 is 1.74 bits per heavy atom. The molecule has 216 valence electrons. The monoisotopic (exact) mass is 527 g/mol. The van der Waals surface area contributed by atoms with Gasteiger partial charge in [0.15, 0.2) is 0 Å². The van der Waals surface area contributed by atoms with E-state index in [1.54, 1.807) is 0 Å². The number of nitrogens with one attached hydrogen (secondary N) is 1. The molecule has 0 fully saturated rings. The van der Waals surface area contributed by atoms with E-state index in [1.165, 1.54) is 24.0 Å². The van der Waals surface area contributed by atoms with Crippen LogP contribution in [-0.2, 0) is 16.1 Å². The summed E-state index contributed by atoms with van der Waals surface area (Å²) in [7, 11) is 0. The van der Waals surface area contributed by atoms with Crippen molar-refractivity contribution < 1.29 is 9.59 Å². The fraction of sp³-hybridized carbons (Fsp3) is 0.424. The number of aryl methyl sites for hydroxylation is 1. The molecule has 0 saturated carbocycles. The molecule has 0 spiro atoms. The van der Waals surface area contributed by atoms with Gasteiger partial charge >= 0.3 is 0 Å². The number of hydrogen-bond donors (Lipinski definition) is 1. The average molecular weight is 528 g/mol. The van der Waals surface area contributed by atoms with Crippen molar-refractivity contribution in [3.63, 3.8) is 0 Å². The summed E-state index contributed by atoms with van der Waals surface area (Å²) in [5.74, 6) is 0.980. The summed E-state index contributed by atoms with van der Waals surface area (Å²) in [4.78, 5) is 22.8. The van der Waals surface area contributed by atoms with Crippen LogP contribution in [0.2, 0.25) is 0 Å². The van der Waals surface area contributed by atoms with E-state index in [0.29, 0.717) is 0 Å². The highest BCUT2D eigenvalue weighted by molar-refractivity contribution is 5.80. The molecule has 5 nitrogen and oxygen atoms in total. The third kappa shape index (κ3) is 27.1. The zero-order valence-corrected chi connectivity index (χ0v) is 26.1. The van der Waals surface area contributed by atoms with Crippen LogP contribution in [0.15, 0.2) is 91.0 Å². The van der Waals surface area contributed by atoms with Gasteiger partial charge in [0.25, 0.3) is 0 Å². The number of rotatable bonds is 11. The number of nitrogens with zero attached hydrogens (tertiary/aromatic N) is 2. The Bertz CT molecular complexity index is 784. The first-order valence-corrected chi connectivity index (χ1v) is 12.9. The molecule has 0 aliphatic rings. The first kappa shape index (κ1) is 44.5. The Hall–Kier alpha value is -3.47. The van der Waals surface area contributed by atoms with Gasteiger partial charge in [0.05, 0.1) is 0 Å². The summed E-state index contributed by atoms with van der Waals surface area (Å²) in [5.41, 5.74) is 6.84. The topological polar surface area (TPSA) is 61.8 Å². The highest BCUT2D eigenvalue weighted by atomic mass is 16.1. The van der Waals surface area contributed by atoms with Crippen LogP contribution >= 0.6 is 0 Å². The van der Waals surface area contributed by atoms with E-state index in [-0.39, 0.29) is 0 Å². The molecule has 1 aromatic rings. The van der Waals surface area contributed by atoms with E-state index in [0.717, 1.165) is 47.9 Å². The van der Waals surface area contributed by atoms with Crippen LogP contribution in [0.5, 0.6) is 0 Å². The number of aliphatic imine (C=N–C) groups is 1. The zero-order valence-electron chi connectivity index (χ0n) is 26.1. The Morgan fingerprint density at radius 2 is 1.39 bits per heavy atom. The van der Waals surface area contributed by atoms with Crippen LogP contribution in [0.25, 0.3) is 0 Å². The smallest absolute Gasteiger partial charge is 0.135 e. The van der Waals surface area contributed by atoms with Gasteiger partial charge < -0.3 is 19.8 Å². The standard InChI is InChI=1S/C16H28N2.C11H15N.C2H6.C2H4.2CH2O/c1-8-10-11-12-18(9-2)16(17-14(5)6)15(7)13(3)4;1-9(2)12-8-11-6-4-10(3)5-7-11;4*1-2/h9H,2-3,8,10-12H2,1,4-7H3;4-7,12H,1,8H2,2-3H3;1-2H3;1-2H2;2*1H2/b16-15+;;;;;. The third-order valence-corrected chi connectivity index (χ3v) is 4.51. The second-order valence-corrected chi connectivity index (χ2v) is 7.99. The molecular weight excluding hydrogens is 470 g/mol. The van der Waals surface area contributed by atoms with E-state index in [1.807, 2.05) is 61.3 Å². The number of allylic oxidation sites excluding steroid dienone is 3. The van der Waals surface area contributed by atoms with Crippen LogP contribution in [0.4, 0.5) is 0 Å². The molecule has 1 aromatic carbocycles. The van der Waals surface area contributed by atoms with Crippen LogP contribution in [-0.4, -0.2) is 30.7 Å². The molecule has 1 rings (SSSR count). The summed E-state index contributed by atoms with van der Waals surface area (Å²) < 4.78 is 0. The average Bonchev–Trinajstić information content (AvgIpc) is 2.94. The Morgan fingerprint density at radius 1 is 0.921 bits per heavy atom. The van der Waals surface area contributed by atoms with Crippen molar-refractivity contribution >= 4 is 19.3 Å². The van der Waals surface area contributed by atoms with Crippen molar-refractivity contribution in [2.24, 2.45) is 4.99 Å². The summed E-state index contributed by atoms with van der Waals surface area (Å²) in [5, 5.41) is 3.19. The Kier molecular flexibility index (Phi) is 39.3. The lowest BCUT2D eigenvalue weighted by Crippen LogP contribution is -2.19. The number of benzene rings is 1. The Balaban J connectivity index is -0.000000156. The summed E-state index contributed by atoms with van der Waals surface area (Å²) >= 11 is 0. The molecule has 0 saturated heterocycles. The van der Waals surface area contributed by atoms with Crippen molar-refractivity contribution in [2.75, 3.05) is 6.54 Å². The number of hydrogen-bond acceptors (Lipinski definition) is 5. The Labute approximate surface area is 235 Å². The second kappa shape index (κ2) is 33.5. The van der Waals surface area contributed by atoms with Gasteiger partial charge in [-0.1, -0.05) is 88.8 Å². The van der Waals surface area contributed by atoms with Crippen molar-refractivity contribution in [1.82, 2.24) is 10.2 Å². The third-order valence-electron chi connectivity index (χ3n) is 4.51. The quantitative estimate of drug-likeness (QED) is 0.135. The van der Waals surface area contributed by atoms with Gasteiger partial charge in [-0.15, -0.1) is 13.2 Å². The predicted molar refractivity (Wildman–Crippen MR) is 172 cm³/mol. The first-order chi connectivity index (χ1) is 18.1. The lowest BCUT2D eigenvalue weighted by Gasteiger charge is -2.23. The molecule has 0 bridgehead atoms. The van der Waals surface area contributed by atoms with Crippen molar-refractivity contribution in [1.29, 1.82) is 0 Å². The molecule has 0 aromatic heterocycles. The number of carbonyl (C=O) groups is 2. The summed E-state index contributed by atoms with van der Waals surface area (Å²) in [6, 6.07) is 8.50. The van der Waals surface area contributed by atoms with Gasteiger partial charge in [-0.3, -0.25) is 0 Å². The van der Waals surface area contributed by atoms with Crippen LogP contribution < -0.4 is 5.32 Å². The fourth-order valence-corrected chi connectivity index (χ4v) is 2.54. The van der Waals surface area contributed by atoms with E-state index in [4.69, 9.17) is 9.59 Å². The van der Waals surface area contributed by atoms with Crippen LogP contribution in [0.1, 0.15) is 85.8 Å². The molecule has 0 unspecified atom stereocenters. The second-order valence-electron chi connectivity index (χ2n) is 7.99. The molecule has 0 aliphatic carbocycles. The molecule has 0 heterocycles. The molecule has 0 amide bonds. The molecule has 0 atom stereocenters. The molecule has 1 N–H and O–H groups in total. The van der Waals surface area contributed by atoms with Crippen molar-refractivity contribution in [3.8, 4) is 0 Å². The minimum absolute atomic E-state index is 0.871. The van der Waals surface area contributed by atoms with E-state index in [2.05, 4.69) is 93.1 Å². The van der Waals surface area contributed by atoms with Gasteiger partial charge in [0, 0.05) is 24.5 Å². The van der Waals surface area contributed by atoms with E-state index >= 15 is 0 Å². The molecule has 5 heteroatoms. The lowest BCUT2D eigenvalue weighted by atomic mass is 10.1. The summed E-state index contributed by atoms with van der Waals surface area (Å²) in [6.07, 6.45) is 5.48. The van der Waals surface area contributed by atoms with Gasteiger partial charge in [0.2, 0.25) is 0 Å². The van der Waals surface area contributed by atoms with Gasteiger partial charge in [-0.25, -0.2) is 4.99 Å². The fourth-order valence-electron chi connectivity index (χ4n) is 2.54. The predicted octanol–water partition coefficient (Wildman–Crippen LogP) is 8.99. The number of carbonyl (C=O) groups excluding carboxylic acids is 2. The largest absolute Gasteiger partial charge is 0.385 e. The maximum atomic E-state index is 8.00. The van der Waals surface area contributed by atoms with Crippen LogP contribution in [0, 0.1) is 6.92 Å². The van der Waals surface area contributed by atoms with Crippen molar-refractivity contribution in [3.05, 3.63) is 97.2 Å². The minimum atomic E-state index is 0.871. The van der Waals surface area contributed by atoms with Crippen LogP contribution in [0.3, 0.4) is 0 Å². The highest BCUT2D eigenvalue weighted by Crippen LogP contribution is 2.19. The van der Waals surface area contributed by atoms with Crippen molar-refractivity contribution in [2.45, 2.75) is 88.1 Å². The maximum absolute atomic E-state index is 8.00. The lowest BCUT2D eigenvalue weighted by molar-refractivity contribution is -0.0987. The zero-order chi connectivity index (χ0) is 31.1. The van der Waals surface area contributed by atoms with Gasteiger partial charge in [-0.05, 0) is 65.3 Å². The minimum Gasteiger partial charge on any atom is -0.385 e. The van der Waals surface area contributed by atoms with E-state index in [9.17, 15) is 0 Å². The molecular formula is C33H57N3O2. The molecule has 0 radical (unpaired) electrons. The van der Waals surface area contributed by atoms with Gasteiger partial charge in [-0.2, -0.15) is 0 Å². The highest BCUT2D eigenvalue weighted by Gasteiger charge is 2.09. The first-order valence-electron chi connectivity index (χ1n) is 12.9. The SMILES string of the molecule is C=C.C=C(C)NCc1ccc(C)cc1.C=CN(CCCCC)/C(N=C(C)C)=C(\C)C(=C)C.C=O.C=O.CC. The summed E-state index contributed by atoms with van der Waals surface area (Å²) in [6.45, 7) is 41.9. The maximum Gasteiger partial charge on any atom is 0.135 e.